The molecule has 0 saturated heterocycles. The van der Waals surface area contributed by atoms with Crippen LogP contribution >= 0.6 is 0 Å². The van der Waals surface area contributed by atoms with Gasteiger partial charge in [0.25, 0.3) is 0 Å². The van der Waals surface area contributed by atoms with E-state index in [9.17, 15) is 0 Å². The Labute approximate surface area is 91.9 Å². The third-order valence-corrected chi connectivity index (χ3v) is 3.12. The van der Waals surface area contributed by atoms with E-state index in [-0.39, 0.29) is 0 Å². The Kier molecular flexibility index (Phi) is 6.16. The van der Waals surface area contributed by atoms with Crippen molar-refractivity contribution in [3.05, 3.63) is 0 Å². The van der Waals surface area contributed by atoms with Gasteiger partial charge in [-0.15, -0.1) is 0 Å². The average Bonchev–Trinajstić information content (AvgIpc) is 2.75. The highest BCUT2D eigenvalue weighted by atomic mass is 16.4. The van der Waals surface area contributed by atoms with Crippen LogP contribution in [0.2, 0.25) is 0 Å². The molecule has 0 heterocycles. The van der Waals surface area contributed by atoms with Crippen molar-refractivity contribution in [1.82, 2.24) is 5.32 Å². The predicted octanol–water partition coefficient (Wildman–Crippen LogP) is 1.68. The molecule has 4 nitrogen and oxygen atoms in total. The topological polar surface area (TPSA) is 70.6 Å². The van der Waals surface area contributed by atoms with Crippen LogP contribution < -0.4 is 11.1 Å². The van der Waals surface area contributed by atoms with Gasteiger partial charge in [-0.25, -0.2) is 0 Å². The van der Waals surface area contributed by atoms with Crippen LogP contribution in [0.4, 0.5) is 0 Å². The molecule has 1 rings (SSSR count). The number of nitrogens with two attached hydrogens (primary N) is 1. The fourth-order valence-electron chi connectivity index (χ4n) is 2.17. The maximum Gasteiger partial charge on any atom is 0.139 e. The number of rotatable bonds is 7. The van der Waals surface area contributed by atoms with Crippen molar-refractivity contribution in [2.75, 3.05) is 13.1 Å². The van der Waals surface area contributed by atoms with E-state index in [1.165, 1.54) is 32.1 Å². The molecular weight excluding hydrogens is 190 g/mol. The second kappa shape index (κ2) is 7.51. The van der Waals surface area contributed by atoms with Gasteiger partial charge in [-0.1, -0.05) is 30.8 Å². The monoisotopic (exact) mass is 213 g/mol. The largest absolute Gasteiger partial charge is 0.409 e. The van der Waals surface area contributed by atoms with Crippen LogP contribution in [-0.4, -0.2) is 24.1 Å². The van der Waals surface area contributed by atoms with Crippen molar-refractivity contribution in [2.24, 2.45) is 16.8 Å². The summed E-state index contributed by atoms with van der Waals surface area (Å²) in [5.74, 6) is 1.29. The van der Waals surface area contributed by atoms with Crippen LogP contribution in [0.1, 0.15) is 44.9 Å². The molecule has 0 aromatic carbocycles. The van der Waals surface area contributed by atoms with Crippen LogP contribution in [0.3, 0.4) is 0 Å². The van der Waals surface area contributed by atoms with Gasteiger partial charge in [-0.3, -0.25) is 0 Å². The standard InChI is InChI=1S/C11H23N3O/c12-11(14-15)6-3-8-13-9-7-10-4-1-2-5-10/h10,13,15H,1-9H2,(H2,12,14). The van der Waals surface area contributed by atoms with Gasteiger partial charge in [0.2, 0.25) is 0 Å². The van der Waals surface area contributed by atoms with E-state index in [4.69, 9.17) is 10.9 Å². The summed E-state index contributed by atoms with van der Waals surface area (Å²) >= 11 is 0. The lowest BCUT2D eigenvalue weighted by molar-refractivity contribution is 0.316. The molecule has 0 radical (unpaired) electrons. The Bertz CT molecular complexity index is 188. The van der Waals surface area contributed by atoms with Crippen molar-refractivity contribution in [1.29, 1.82) is 0 Å². The molecule has 0 atom stereocenters. The van der Waals surface area contributed by atoms with Crippen molar-refractivity contribution >= 4 is 5.84 Å². The van der Waals surface area contributed by atoms with Gasteiger partial charge in [0, 0.05) is 6.42 Å². The Morgan fingerprint density at radius 1 is 1.33 bits per heavy atom. The maximum absolute atomic E-state index is 8.32. The Morgan fingerprint density at radius 3 is 2.73 bits per heavy atom. The van der Waals surface area contributed by atoms with Crippen LogP contribution in [0, 0.1) is 5.92 Å². The van der Waals surface area contributed by atoms with Gasteiger partial charge < -0.3 is 16.3 Å². The first kappa shape index (κ1) is 12.3. The fourth-order valence-corrected chi connectivity index (χ4v) is 2.17. The molecule has 88 valence electrons. The first-order chi connectivity index (χ1) is 7.33. The van der Waals surface area contributed by atoms with E-state index in [2.05, 4.69) is 10.5 Å². The third kappa shape index (κ3) is 5.62. The highest BCUT2D eigenvalue weighted by Gasteiger charge is 2.13. The first-order valence-electron chi connectivity index (χ1n) is 6.00. The molecule has 0 aromatic rings. The minimum absolute atomic E-state index is 0.326. The molecule has 4 N–H and O–H groups in total. The number of hydrogen-bond donors (Lipinski definition) is 3. The molecule has 4 heteroatoms. The van der Waals surface area contributed by atoms with Crippen LogP contribution in [0.5, 0.6) is 0 Å². The molecule has 0 aliphatic heterocycles. The van der Waals surface area contributed by atoms with Crippen LogP contribution in [0.25, 0.3) is 0 Å². The van der Waals surface area contributed by atoms with E-state index in [1.807, 2.05) is 0 Å². The predicted molar refractivity (Wildman–Crippen MR) is 62.1 cm³/mol. The summed E-state index contributed by atoms with van der Waals surface area (Å²) in [6.07, 6.45) is 8.62. The van der Waals surface area contributed by atoms with Gasteiger partial charge in [0.05, 0.1) is 0 Å². The van der Waals surface area contributed by atoms with Crippen molar-refractivity contribution in [3.63, 3.8) is 0 Å². The molecule has 0 amide bonds. The van der Waals surface area contributed by atoms with E-state index in [0.717, 1.165) is 25.4 Å². The van der Waals surface area contributed by atoms with Crippen molar-refractivity contribution < 1.29 is 5.21 Å². The maximum atomic E-state index is 8.32. The number of oxime groups is 1. The van der Waals surface area contributed by atoms with E-state index in [1.54, 1.807) is 0 Å². The molecule has 1 aliphatic carbocycles. The summed E-state index contributed by atoms with van der Waals surface area (Å²) in [6.45, 7) is 2.07. The summed E-state index contributed by atoms with van der Waals surface area (Å²) in [5.41, 5.74) is 5.36. The highest BCUT2D eigenvalue weighted by molar-refractivity contribution is 5.79. The zero-order chi connectivity index (χ0) is 10.9. The molecule has 0 bridgehead atoms. The SMILES string of the molecule is NC(CCCNCCC1CCCC1)=NO. The molecule has 15 heavy (non-hydrogen) atoms. The lowest BCUT2D eigenvalue weighted by Crippen LogP contribution is -2.21. The zero-order valence-corrected chi connectivity index (χ0v) is 9.41. The van der Waals surface area contributed by atoms with E-state index < -0.39 is 0 Å². The van der Waals surface area contributed by atoms with Gasteiger partial charge in [-0.2, -0.15) is 0 Å². The number of nitrogens with zero attached hydrogens (tertiary/aromatic N) is 1. The second-order valence-corrected chi connectivity index (χ2v) is 4.38. The first-order valence-corrected chi connectivity index (χ1v) is 6.00. The number of amidine groups is 1. The lowest BCUT2D eigenvalue weighted by Gasteiger charge is -2.09. The third-order valence-electron chi connectivity index (χ3n) is 3.12. The average molecular weight is 213 g/mol. The van der Waals surface area contributed by atoms with Gasteiger partial charge in [0.1, 0.15) is 5.84 Å². The van der Waals surface area contributed by atoms with E-state index >= 15 is 0 Å². The molecular formula is C11H23N3O. The summed E-state index contributed by atoms with van der Waals surface area (Å²) in [6, 6.07) is 0. The summed E-state index contributed by atoms with van der Waals surface area (Å²) in [4.78, 5) is 0. The number of hydrogen-bond acceptors (Lipinski definition) is 3. The normalized spacial score (nSPS) is 18.5. The summed E-state index contributed by atoms with van der Waals surface area (Å²) in [5, 5.41) is 14.7. The minimum Gasteiger partial charge on any atom is -0.409 e. The minimum atomic E-state index is 0.326. The van der Waals surface area contributed by atoms with Crippen molar-refractivity contribution in [2.45, 2.75) is 44.9 Å². The Morgan fingerprint density at radius 2 is 2.07 bits per heavy atom. The van der Waals surface area contributed by atoms with Gasteiger partial charge in [0.15, 0.2) is 0 Å². The molecule has 1 saturated carbocycles. The van der Waals surface area contributed by atoms with Gasteiger partial charge >= 0.3 is 0 Å². The number of nitrogens with one attached hydrogen (secondary N) is 1. The fraction of sp³-hybridized carbons (Fsp3) is 0.909. The van der Waals surface area contributed by atoms with Gasteiger partial charge in [-0.05, 0) is 31.8 Å². The second-order valence-electron chi connectivity index (χ2n) is 4.38. The van der Waals surface area contributed by atoms with E-state index in [0.29, 0.717) is 12.3 Å². The smallest absolute Gasteiger partial charge is 0.139 e. The van der Waals surface area contributed by atoms with Crippen molar-refractivity contribution in [3.8, 4) is 0 Å². The molecule has 0 spiro atoms. The highest BCUT2D eigenvalue weighted by Crippen LogP contribution is 2.26. The van der Waals surface area contributed by atoms with Crippen LogP contribution in [0.15, 0.2) is 5.16 Å². The molecule has 0 unspecified atom stereocenters. The molecule has 1 aliphatic rings. The Hall–Kier alpha value is -0.770. The Balaban J connectivity index is 1.84. The molecule has 0 aromatic heterocycles. The lowest BCUT2D eigenvalue weighted by atomic mass is 10.0. The summed E-state index contributed by atoms with van der Waals surface area (Å²) < 4.78 is 0. The quantitative estimate of drug-likeness (QED) is 0.198. The summed E-state index contributed by atoms with van der Waals surface area (Å²) in [7, 11) is 0. The zero-order valence-electron chi connectivity index (χ0n) is 9.41. The van der Waals surface area contributed by atoms with Crippen LogP contribution in [-0.2, 0) is 0 Å². The molecule has 1 fully saturated rings.